The lowest BCUT2D eigenvalue weighted by molar-refractivity contribution is -0.384. The van der Waals surface area contributed by atoms with Gasteiger partial charge in [0.15, 0.2) is 17.6 Å². The van der Waals surface area contributed by atoms with Crippen LogP contribution in [0.5, 0.6) is 11.5 Å². The fraction of sp³-hybridized carbons (Fsp3) is 0.278. The van der Waals surface area contributed by atoms with E-state index in [1.54, 1.807) is 11.9 Å². The Bertz CT molecular complexity index is 838. The molecule has 3 rings (SSSR count). The van der Waals surface area contributed by atoms with Crippen molar-refractivity contribution in [2.45, 2.75) is 6.10 Å². The molecule has 0 amide bonds. The van der Waals surface area contributed by atoms with E-state index in [9.17, 15) is 14.9 Å². The minimum absolute atomic E-state index is 0.126. The highest BCUT2D eigenvalue weighted by Crippen LogP contribution is 2.32. The van der Waals surface area contributed by atoms with Gasteiger partial charge in [0.25, 0.3) is 5.69 Å². The molecule has 2 aromatic carbocycles. The molecule has 0 unspecified atom stereocenters. The smallest absolute Gasteiger partial charge is 0.340 e. The van der Waals surface area contributed by atoms with Crippen molar-refractivity contribution >= 4 is 17.3 Å². The number of ether oxygens (including phenoxy) is 3. The van der Waals surface area contributed by atoms with E-state index in [2.05, 4.69) is 0 Å². The van der Waals surface area contributed by atoms with Crippen molar-refractivity contribution in [2.24, 2.45) is 0 Å². The second kappa shape index (κ2) is 7.30. The number of esters is 1. The Kier molecular flexibility index (Phi) is 4.92. The SMILES string of the molecule is COC(=O)c1cc([N+](=O)[O-])ccc1N(C)C[C@H]1COc2ccccc2O1. The van der Waals surface area contributed by atoms with Crippen LogP contribution in [0.1, 0.15) is 10.4 Å². The number of hydrogen-bond donors (Lipinski definition) is 0. The first-order valence-corrected chi connectivity index (χ1v) is 7.96. The third-order valence-electron chi connectivity index (χ3n) is 4.05. The van der Waals surface area contributed by atoms with Crippen molar-refractivity contribution in [3.8, 4) is 11.5 Å². The monoisotopic (exact) mass is 358 g/mol. The molecule has 0 bridgehead atoms. The van der Waals surface area contributed by atoms with Crippen LogP contribution in [-0.4, -0.2) is 44.3 Å². The van der Waals surface area contributed by atoms with Crippen LogP contribution in [0, 0.1) is 10.1 Å². The maximum atomic E-state index is 12.0. The number of anilines is 1. The summed E-state index contributed by atoms with van der Waals surface area (Å²) in [6.07, 6.45) is -0.254. The normalized spacial score (nSPS) is 15.2. The van der Waals surface area contributed by atoms with Gasteiger partial charge < -0.3 is 19.1 Å². The molecule has 0 N–H and O–H groups in total. The molecule has 1 aliphatic rings. The van der Waals surface area contributed by atoms with E-state index < -0.39 is 10.9 Å². The number of hydrogen-bond acceptors (Lipinski definition) is 7. The van der Waals surface area contributed by atoms with Crippen molar-refractivity contribution < 1.29 is 23.9 Å². The Morgan fingerprint density at radius 1 is 1.31 bits per heavy atom. The maximum absolute atomic E-state index is 12.0. The fourth-order valence-corrected chi connectivity index (χ4v) is 2.80. The number of nitrogens with zero attached hydrogens (tertiary/aromatic N) is 2. The van der Waals surface area contributed by atoms with Crippen LogP contribution in [0.4, 0.5) is 11.4 Å². The largest absolute Gasteiger partial charge is 0.486 e. The van der Waals surface area contributed by atoms with E-state index in [0.717, 1.165) is 0 Å². The predicted octanol–water partition coefficient (Wildman–Crippen LogP) is 2.66. The molecule has 1 atom stereocenters. The van der Waals surface area contributed by atoms with Gasteiger partial charge >= 0.3 is 5.97 Å². The van der Waals surface area contributed by atoms with Gasteiger partial charge in [-0.2, -0.15) is 0 Å². The quantitative estimate of drug-likeness (QED) is 0.461. The lowest BCUT2D eigenvalue weighted by atomic mass is 10.1. The summed E-state index contributed by atoms with van der Waals surface area (Å²) in [6.45, 7) is 0.790. The van der Waals surface area contributed by atoms with Gasteiger partial charge in [0.2, 0.25) is 0 Å². The number of methoxy groups -OCH3 is 1. The highest BCUT2D eigenvalue weighted by Gasteiger charge is 2.25. The first-order chi connectivity index (χ1) is 12.5. The number of para-hydroxylation sites is 2. The van der Waals surface area contributed by atoms with Gasteiger partial charge in [-0.25, -0.2) is 4.79 Å². The van der Waals surface area contributed by atoms with Crippen molar-refractivity contribution in [3.63, 3.8) is 0 Å². The van der Waals surface area contributed by atoms with Crippen LogP contribution < -0.4 is 14.4 Å². The third kappa shape index (κ3) is 3.53. The van der Waals surface area contributed by atoms with Crippen molar-refractivity contribution in [1.29, 1.82) is 0 Å². The zero-order valence-corrected chi connectivity index (χ0v) is 14.4. The standard InChI is InChI=1S/C18H18N2O6/c1-19(10-13-11-25-16-5-3-4-6-17(16)26-13)15-8-7-12(20(22)23)9-14(15)18(21)24-2/h3-9,13H,10-11H2,1-2H3/t13-/m0/s1. The van der Waals surface area contributed by atoms with E-state index in [0.29, 0.717) is 30.3 Å². The van der Waals surface area contributed by atoms with Crippen LogP contribution in [0.3, 0.4) is 0 Å². The molecular formula is C18H18N2O6. The molecule has 1 heterocycles. The summed E-state index contributed by atoms with van der Waals surface area (Å²) in [4.78, 5) is 24.3. The van der Waals surface area contributed by atoms with Crippen LogP contribution in [0.2, 0.25) is 0 Å². The predicted molar refractivity (Wildman–Crippen MR) is 94.1 cm³/mol. The number of nitro groups is 1. The summed E-state index contributed by atoms with van der Waals surface area (Å²) in [5.74, 6) is 0.715. The fourth-order valence-electron chi connectivity index (χ4n) is 2.80. The molecule has 0 fully saturated rings. The number of non-ortho nitro benzene ring substituents is 1. The summed E-state index contributed by atoms with van der Waals surface area (Å²) in [5.41, 5.74) is 0.472. The van der Waals surface area contributed by atoms with Crippen molar-refractivity contribution in [2.75, 3.05) is 32.2 Å². The van der Waals surface area contributed by atoms with Crippen LogP contribution in [0.25, 0.3) is 0 Å². The Labute approximate surface area is 150 Å². The molecule has 26 heavy (non-hydrogen) atoms. The molecule has 1 aliphatic heterocycles. The molecule has 0 saturated heterocycles. The maximum Gasteiger partial charge on any atom is 0.340 e. The molecule has 0 aliphatic carbocycles. The number of carbonyl (C=O) groups excluding carboxylic acids is 1. The molecule has 8 heteroatoms. The van der Waals surface area contributed by atoms with Crippen LogP contribution in [-0.2, 0) is 4.74 Å². The van der Waals surface area contributed by atoms with Gasteiger partial charge in [-0.05, 0) is 18.2 Å². The molecular weight excluding hydrogens is 340 g/mol. The van der Waals surface area contributed by atoms with E-state index in [1.807, 2.05) is 24.3 Å². The van der Waals surface area contributed by atoms with E-state index in [4.69, 9.17) is 14.2 Å². The Hall–Kier alpha value is -3.29. The highest BCUT2D eigenvalue weighted by molar-refractivity contribution is 5.96. The number of benzene rings is 2. The summed E-state index contributed by atoms with van der Waals surface area (Å²) in [6, 6.07) is 11.5. The number of fused-ring (bicyclic) bond motifs is 1. The number of carbonyl (C=O) groups is 1. The van der Waals surface area contributed by atoms with Gasteiger partial charge in [-0.3, -0.25) is 10.1 Å². The Morgan fingerprint density at radius 2 is 2.04 bits per heavy atom. The molecule has 0 spiro atoms. The number of likely N-dealkylation sites (N-methyl/N-ethyl adjacent to an activating group) is 1. The molecule has 136 valence electrons. The Morgan fingerprint density at radius 3 is 2.73 bits per heavy atom. The van der Waals surface area contributed by atoms with E-state index >= 15 is 0 Å². The first kappa shape index (κ1) is 17.5. The minimum atomic E-state index is -0.637. The summed E-state index contributed by atoms with van der Waals surface area (Å²) < 4.78 is 16.4. The van der Waals surface area contributed by atoms with Gasteiger partial charge in [0.05, 0.1) is 29.8 Å². The van der Waals surface area contributed by atoms with E-state index in [1.165, 1.54) is 25.3 Å². The molecule has 0 aromatic heterocycles. The van der Waals surface area contributed by atoms with Gasteiger partial charge in [0.1, 0.15) is 6.61 Å². The summed E-state index contributed by atoms with van der Waals surface area (Å²) in [7, 11) is 3.01. The molecule has 8 nitrogen and oxygen atoms in total. The third-order valence-corrected chi connectivity index (χ3v) is 4.05. The second-order valence-electron chi connectivity index (χ2n) is 5.83. The summed E-state index contributed by atoms with van der Waals surface area (Å²) >= 11 is 0. The van der Waals surface area contributed by atoms with Crippen LogP contribution >= 0.6 is 0 Å². The lowest BCUT2D eigenvalue weighted by Gasteiger charge is -2.31. The van der Waals surface area contributed by atoms with Gasteiger partial charge in [-0.1, -0.05) is 12.1 Å². The van der Waals surface area contributed by atoms with Gasteiger partial charge in [0, 0.05) is 19.2 Å². The molecule has 0 saturated carbocycles. The average molecular weight is 358 g/mol. The van der Waals surface area contributed by atoms with Crippen LogP contribution in [0.15, 0.2) is 42.5 Å². The Balaban J connectivity index is 1.80. The molecule has 2 aromatic rings. The van der Waals surface area contributed by atoms with E-state index in [-0.39, 0.29) is 17.4 Å². The molecule has 0 radical (unpaired) electrons. The van der Waals surface area contributed by atoms with Crippen molar-refractivity contribution in [3.05, 3.63) is 58.1 Å². The average Bonchev–Trinajstić information content (AvgIpc) is 2.66. The lowest BCUT2D eigenvalue weighted by Crippen LogP contribution is -2.40. The zero-order valence-electron chi connectivity index (χ0n) is 14.4. The van der Waals surface area contributed by atoms with Gasteiger partial charge in [-0.15, -0.1) is 0 Å². The zero-order chi connectivity index (χ0) is 18.7. The topological polar surface area (TPSA) is 91.1 Å². The van der Waals surface area contributed by atoms with Crippen molar-refractivity contribution in [1.82, 2.24) is 0 Å². The first-order valence-electron chi connectivity index (χ1n) is 7.96. The number of nitro benzene ring substituents is 1. The summed E-state index contributed by atoms with van der Waals surface area (Å²) in [5, 5.41) is 11.0. The highest BCUT2D eigenvalue weighted by atomic mass is 16.6. The minimum Gasteiger partial charge on any atom is -0.486 e. The number of rotatable bonds is 5. The second-order valence-corrected chi connectivity index (χ2v) is 5.83.